The fourth-order valence-corrected chi connectivity index (χ4v) is 1.76. The minimum atomic E-state index is -4.58. The van der Waals surface area contributed by atoms with Crippen LogP contribution in [0.5, 0.6) is 0 Å². The van der Waals surface area contributed by atoms with Crippen molar-refractivity contribution in [3.63, 3.8) is 0 Å². The summed E-state index contributed by atoms with van der Waals surface area (Å²) in [6.45, 7) is -1.47. The van der Waals surface area contributed by atoms with Crippen molar-refractivity contribution in [1.82, 2.24) is 4.90 Å². The summed E-state index contributed by atoms with van der Waals surface area (Å²) < 4.78 is 44.4. The fraction of sp³-hybridized carbons (Fsp3) is 0.800. The molecule has 0 saturated carbocycles. The molecule has 1 aliphatic heterocycles. The Morgan fingerprint density at radius 3 is 2.56 bits per heavy atom. The molecule has 104 valence electrons. The molecule has 0 spiro atoms. The van der Waals surface area contributed by atoms with Gasteiger partial charge in [-0.25, -0.2) is 9.59 Å². The number of ether oxygens (including phenoxy) is 2. The summed E-state index contributed by atoms with van der Waals surface area (Å²) in [6.07, 6.45) is -4.01. The molecule has 0 N–H and O–H groups in total. The van der Waals surface area contributed by atoms with Crippen LogP contribution in [0, 0.1) is 0 Å². The Morgan fingerprint density at radius 1 is 1.33 bits per heavy atom. The maximum Gasteiger partial charge on any atom is 0.422 e. The van der Waals surface area contributed by atoms with Gasteiger partial charge in [-0.05, 0) is 19.3 Å². The fourth-order valence-electron chi connectivity index (χ4n) is 1.76. The number of hydrogen-bond acceptors (Lipinski definition) is 4. The van der Waals surface area contributed by atoms with Crippen molar-refractivity contribution in [2.45, 2.75) is 31.5 Å². The summed E-state index contributed by atoms with van der Waals surface area (Å²) in [4.78, 5) is 23.8. The smallest absolute Gasteiger partial charge is 0.422 e. The van der Waals surface area contributed by atoms with E-state index in [4.69, 9.17) is 0 Å². The van der Waals surface area contributed by atoms with Gasteiger partial charge in [0.15, 0.2) is 6.61 Å². The highest BCUT2D eigenvalue weighted by atomic mass is 19.4. The number of hydrogen-bond donors (Lipinski definition) is 0. The number of rotatable bonds is 2. The number of likely N-dealkylation sites (tertiary alicyclic amines) is 1. The highest BCUT2D eigenvalue weighted by Gasteiger charge is 2.36. The average Bonchev–Trinajstić information content (AvgIpc) is 2.34. The zero-order valence-corrected chi connectivity index (χ0v) is 9.83. The summed E-state index contributed by atoms with van der Waals surface area (Å²) in [7, 11) is 1.16. The SMILES string of the molecule is COC(=O)C1CCCCN1C(=O)OCC(F)(F)F. The monoisotopic (exact) mass is 269 g/mol. The normalized spacial score (nSPS) is 20.4. The molecule has 18 heavy (non-hydrogen) atoms. The topological polar surface area (TPSA) is 55.8 Å². The van der Waals surface area contributed by atoms with E-state index in [1.165, 1.54) is 0 Å². The predicted molar refractivity (Wildman–Crippen MR) is 53.8 cm³/mol. The Bertz CT molecular complexity index is 319. The van der Waals surface area contributed by atoms with Gasteiger partial charge in [-0.2, -0.15) is 13.2 Å². The molecule has 1 saturated heterocycles. The van der Waals surface area contributed by atoms with Crippen LogP contribution >= 0.6 is 0 Å². The van der Waals surface area contributed by atoms with Gasteiger partial charge in [0.2, 0.25) is 0 Å². The van der Waals surface area contributed by atoms with Crippen molar-refractivity contribution in [2.24, 2.45) is 0 Å². The minimum absolute atomic E-state index is 0.191. The molecule has 1 heterocycles. The second-order valence-electron chi connectivity index (χ2n) is 3.90. The molecule has 0 aromatic rings. The number of nitrogens with zero attached hydrogens (tertiary/aromatic N) is 1. The Labute approximate surface area is 102 Å². The molecule has 0 radical (unpaired) electrons. The summed E-state index contributed by atoms with van der Waals surface area (Å²) in [5.74, 6) is -0.640. The minimum Gasteiger partial charge on any atom is -0.467 e. The maximum absolute atomic E-state index is 11.9. The molecule has 8 heteroatoms. The Morgan fingerprint density at radius 2 is 2.00 bits per heavy atom. The largest absolute Gasteiger partial charge is 0.467 e. The van der Waals surface area contributed by atoms with Crippen molar-refractivity contribution in [3.8, 4) is 0 Å². The molecule has 0 bridgehead atoms. The van der Waals surface area contributed by atoms with E-state index in [0.717, 1.165) is 12.0 Å². The van der Waals surface area contributed by atoms with Gasteiger partial charge in [0, 0.05) is 6.54 Å². The lowest BCUT2D eigenvalue weighted by Crippen LogP contribution is -2.49. The van der Waals surface area contributed by atoms with Gasteiger partial charge in [0.1, 0.15) is 6.04 Å². The van der Waals surface area contributed by atoms with Gasteiger partial charge in [-0.3, -0.25) is 4.90 Å². The maximum atomic E-state index is 11.9. The van der Waals surface area contributed by atoms with Crippen molar-refractivity contribution < 1.29 is 32.2 Å². The van der Waals surface area contributed by atoms with Crippen LogP contribution < -0.4 is 0 Å². The quantitative estimate of drug-likeness (QED) is 0.716. The molecular formula is C10H14F3NO4. The average molecular weight is 269 g/mol. The first-order chi connectivity index (χ1) is 8.35. The third kappa shape index (κ3) is 4.08. The van der Waals surface area contributed by atoms with Crippen LogP contribution in [0.25, 0.3) is 0 Å². The van der Waals surface area contributed by atoms with Gasteiger partial charge >= 0.3 is 18.2 Å². The van der Waals surface area contributed by atoms with Crippen LogP contribution in [0.1, 0.15) is 19.3 Å². The first-order valence-electron chi connectivity index (χ1n) is 5.43. The van der Waals surface area contributed by atoms with Gasteiger partial charge in [0.25, 0.3) is 0 Å². The van der Waals surface area contributed by atoms with E-state index in [-0.39, 0.29) is 6.54 Å². The molecule has 5 nitrogen and oxygen atoms in total. The van der Waals surface area contributed by atoms with Crippen molar-refractivity contribution in [3.05, 3.63) is 0 Å². The molecule has 1 amide bonds. The van der Waals surface area contributed by atoms with Crippen LogP contribution in [-0.2, 0) is 14.3 Å². The summed E-state index contributed by atoms with van der Waals surface area (Å²) >= 11 is 0. The summed E-state index contributed by atoms with van der Waals surface area (Å²) in [6, 6.07) is -0.857. The molecule has 0 aromatic heterocycles. The van der Waals surface area contributed by atoms with E-state index in [1.54, 1.807) is 0 Å². The molecule has 0 aliphatic carbocycles. The van der Waals surface area contributed by atoms with Gasteiger partial charge in [-0.15, -0.1) is 0 Å². The van der Waals surface area contributed by atoms with Crippen LogP contribution in [-0.4, -0.2) is 49.4 Å². The highest BCUT2D eigenvalue weighted by Crippen LogP contribution is 2.21. The number of carbonyl (C=O) groups excluding carboxylic acids is 2. The molecule has 1 fully saturated rings. The lowest BCUT2D eigenvalue weighted by molar-refractivity contribution is -0.164. The van der Waals surface area contributed by atoms with Gasteiger partial charge in [-0.1, -0.05) is 0 Å². The number of esters is 1. The Balaban J connectivity index is 2.60. The first kappa shape index (κ1) is 14.6. The molecule has 1 rings (SSSR count). The van der Waals surface area contributed by atoms with Gasteiger partial charge in [0.05, 0.1) is 7.11 Å². The Hall–Kier alpha value is -1.47. The molecular weight excluding hydrogens is 255 g/mol. The number of alkyl halides is 3. The lowest BCUT2D eigenvalue weighted by Gasteiger charge is -2.32. The molecule has 1 atom stereocenters. The van der Waals surface area contributed by atoms with Crippen LogP contribution in [0.3, 0.4) is 0 Å². The second kappa shape index (κ2) is 5.92. The van der Waals surface area contributed by atoms with Gasteiger partial charge < -0.3 is 9.47 Å². The number of amides is 1. The number of methoxy groups -OCH3 is 1. The van der Waals surface area contributed by atoms with E-state index >= 15 is 0 Å². The van der Waals surface area contributed by atoms with Crippen molar-refractivity contribution >= 4 is 12.1 Å². The standard InChI is InChI=1S/C10H14F3NO4/c1-17-8(15)7-4-2-3-5-14(7)9(16)18-6-10(11,12)13/h7H,2-6H2,1H3. The van der Waals surface area contributed by atoms with E-state index in [2.05, 4.69) is 9.47 Å². The van der Waals surface area contributed by atoms with Crippen LogP contribution in [0.2, 0.25) is 0 Å². The third-order valence-corrected chi connectivity index (χ3v) is 2.57. The lowest BCUT2D eigenvalue weighted by atomic mass is 10.0. The van der Waals surface area contributed by atoms with Crippen molar-refractivity contribution in [1.29, 1.82) is 0 Å². The zero-order valence-electron chi connectivity index (χ0n) is 9.83. The summed E-state index contributed by atoms with van der Waals surface area (Å²) in [5, 5.41) is 0. The predicted octanol–water partition coefficient (Wildman–Crippen LogP) is 1.71. The number of piperidine rings is 1. The van der Waals surface area contributed by atoms with E-state index < -0.39 is 30.9 Å². The van der Waals surface area contributed by atoms with Crippen molar-refractivity contribution in [2.75, 3.05) is 20.3 Å². The molecule has 1 aliphatic rings. The molecule has 1 unspecified atom stereocenters. The van der Waals surface area contributed by atoms with E-state index in [9.17, 15) is 22.8 Å². The summed E-state index contributed by atoms with van der Waals surface area (Å²) in [5.41, 5.74) is 0. The third-order valence-electron chi connectivity index (χ3n) is 2.57. The highest BCUT2D eigenvalue weighted by molar-refractivity contribution is 5.81. The van der Waals surface area contributed by atoms with Crippen LogP contribution in [0.4, 0.5) is 18.0 Å². The van der Waals surface area contributed by atoms with E-state index in [1.807, 2.05) is 0 Å². The number of halogens is 3. The van der Waals surface area contributed by atoms with Crippen LogP contribution in [0.15, 0.2) is 0 Å². The number of carbonyl (C=O) groups is 2. The van der Waals surface area contributed by atoms with E-state index in [0.29, 0.717) is 19.3 Å². The first-order valence-corrected chi connectivity index (χ1v) is 5.43. The Kier molecular flexibility index (Phi) is 4.80. The zero-order chi connectivity index (χ0) is 13.8. The second-order valence-corrected chi connectivity index (χ2v) is 3.90. The molecule has 0 aromatic carbocycles.